The molecule has 10 heteroatoms. The largest absolute Gasteiger partial charge is 0.433 e. The van der Waals surface area contributed by atoms with Crippen LogP contribution in [0.15, 0.2) is 48.8 Å². The number of nitrogens with two attached hydrogens (primary N) is 1. The first kappa shape index (κ1) is 21.5. The Hall–Kier alpha value is -3.69. The van der Waals surface area contributed by atoms with Crippen LogP contribution in [0.25, 0.3) is 11.1 Å². The quantitative estimate of drug-likeness (QED) is 0.619. The van der Waals surface area contributed by atoms with E-state index in [4.69, 9.17) is 5.73 Å². The lowest BCUT2D eigenvalue weighted by atomic mass is 10.0. The minimum Gasteiger partial charge on any atom is -0.368 e. The summed E-state index contributed by atoms with van der Waals surface area (Å²) in [5.74, 6) is 0.131. The van der Waals surface area contributed by atoms with Crippen LogP contribution in [-0.2, 0) is 11.0 Å². The van der Waals surface area contributed by atoms with E-state index in [1.807, 2.05) is 30.0 Å². The monoisotopic (exact) mass is 442 g/mol. The summed E-state index contributed by atoms with van der Waals surface area (Å²) in [7, 11) is 0. The lowest BCUT2D eigenvalue weighted by molar-refractivity contribution is -0.141. The van der Waals surface area contributed by atoms with Crippen molar-refractivity contribution in [3.63, 3.8) is 0 Å². The Bertz CT molecular complexity index is 1150. The van der Waals surface area contributed by atoms with Crippen LogP contribution in [0, 0.1) is 6.92 Å². The summed E-state index contributed by atoms with van der Waals surface area (Å²) >= 11 is 0. The predicted octanol–water partition coefficient (Wildman–Crippen LogP) is 4.06. The molecule has 1 atom stereocenters. The molecule has 1 fully saturated rings. The molecular weight excluding hydrogens is 421 g/mol. The van der Waals surface area contributed by atoms with E-state index >= 15 is 0 Å². The zero-order chi connectivity index (χ0) is 22.9. The molecule has 2 aromatic heterocycles. The van der Waals surface area contributed by atoms with Gasteiger partial charge < -0.3 is 16.0 Å². The fourth-order valence-corrected chi connectivity index (χ4v) is 3.82. The molecule has 1 aromatic carbocycles. The van der Waals surface area contributed by atoms with Gasteiger partial charge in [-0.25, -0.2) is 15.0 Å². The van der Waals surface area contributed by atoms with Crippen LogP contribution in [0.1, 0.15) is 24.1 Å². The van der Waals surface area contributed by atoms with Crippen molar-refractivity contribution in [1.82, 2.24) is 15.0 Å². The third-order valence-corrected chi connectivity index (χ3v) is 5.23. The number of amides is 1. The van der Waals surface area contributed by atoms with Crippen LogP contribution in [-0.4, -0.2) is 33.4 Å². The highest BCUT2D eigenvalue weighted by molar-refractivity contribution is 5.84. The van der Waals surface area contributed by atoms with E-state index in [2.05, 4.69) is 20.3 Å². The summed E-state index contributed by atoms with van der Waals surface area (Å²) in [4.78, 5) is 25.5. The number of hydrogen-bond acceptors (Lipinski definition) is 6. The van der Waals surface area contributed by atoms with Crippen molar-refractivity contribution in [3.05, 3.63) is 60.0 Å². The van der Waals surface area contributed by atoms with E-state index in [1.165, 1.54) is 0 Å². The van der Waals surface area contributed by atoms with Crippen molar-refractivity contribution in [2.24, 2.45) is 5.73 Å². The molecule has 0 aliphatic carbocycles. The Kier molecular flexibility index (Phi) is 5.68. The summed E-state index contributed by atoms with van der Waals surface area (Å²) in [6.07, 6.45) is -0.281. The number of rotatable bonds is 5. The number of nitrogens with zero attached hydrogens (tertiary/aromatic N) is 4. The second-order valence-electron chi connectivity index (χ2n) is 7.63. The Morgan fingerprint density at radius 1 is 1.12 bits per heavy atom. The van der Waals surface area contributed by atoms with Gasteiger partial charge in [-0.3, -0.25) is 4.79 Å². The number of pyridine rings is 1. The molecular formula is C22H21F3N6O. The summed E-state index contributed by atoms with van der Waals surface area (Å²) in [6.45, 7) is 2.57. The van der Waals surface area contributed by atoms with Crippen LogP contribution in [0.4, 0.5) is 30.6 Å². The molecule has 7 nitrogen and oxygen atoms in total. The number of carbonyl (C=O) groups is 1. The van der Waals surface area contributed by atoms with Crippen molar-refractivity contribution < 1.29 is 18.0 Å². The SMILES string of the molecule is Cc1cc(Nc2nccc(C(F)(F)F)n2)cc(-c2ccnc(N3CCC[C@H]3C(N)=O)c2)c1. The van der Waals surface area contributed by atoms with Crippen LogP contribution in [0.3, 0.4) is 0 Å². The molecule has 3 heterocycles. The smallest absolute Gasteiger partial charge is 0.368 e. The van der Waals surface area contributed by atoms with Crippen LogP contribution in [0.5, 0.6) is 0 Å². The van der Waals surface area contributed by atoms with Gasteiger partial charge in [0.15, 0.2) is 0 Å². The van der Waals surface area contributed by atoms with E-state index in [0.717, 1.165) is 35.4 Å². The fourth-order valence-electron chi connectivity index (χ4n) is 3.82. The van der Waals surface area contributed by atoms with Gasteiger partial charge >= 0.3 is 6.18 Å². The van der Waals surface area contributed by atoms with E-state index in [1.54, 1.807) is 18.3 Å². The summed E-state index contributed by atoms with van der Waals surface area (Å²) < 4.78 is 38.8. The Balaban J connectivity index is 1.63. The van der Waals surface area contributed by atoms with E-state index in [0.29, 0.717) is 24.5 Å². The average Bonchev–Trinajstić information content (AvgIpc) is 3.23. The number of anilines is 3. The van der Waals surface area contributed by atoms with Crippen molar-refractivity contribution in [3.8, 4) is 11.1 Å². The fraction of sp³-hybridized carbons (Fsp3) is 0.273. The molecule has 0 bridgehead atoms. The number of benzene rings is 1. The number of halogens is 3. The third kappa shape index (κ3) is 4.63. The van der Waals surface area contributed by atoms with E-state index in [9.17, 15) is 18.0 Å². The number of primary amides is 1. The number of nitrogens with one attached hydrogen (secondary N) is 1. The van der Waals surface area contributed by atoms with E-state index < -0.39 is 11.9 Å². The maximum atomic E-state index is 12.9. The molecule has 1 saturated heterocycles. The Labute approximate surface area is 182 Å². The van der Waals surface area contributed by atoms with Crippen molar-refractivity contribution in [1.29, 1.82) is 0 Å². The van der Waals surface area contributed by atoms with Crippen LogP contribution in [0.2, 0.25) is 0 Å². The molecule has 1 aliphatic heterocycles. The highest BCUT2D eigenvalue weighted by Gasteiger charge is 2.33. The van der Waals surface area contributed by atoms with Crippen LogP contribution < -0.4 is 16.0 Å². The molecule has 32 heavy (non-hydrogen) atoms. The van der Waals surface area contributed by atoms with Gasteiger partial charge in [-0.05, 0) is 66.8 Å². The first-order chi connectivity index (χ1) is 15.2. The molecule has 4 rings (SSSR count). The number of aryl methyl sites for hydroxylation is 1. The molecule has 0 unspecified atom stereocenters. The van der Waals surface area contributed by atoms with Crippen molar-refractivity contribution >= 4 is 23.4 Å². The molecule has 0 radical (unpaired) electrons. The Morgan fingerprint density at radius 3 is 2.66 bits per heavy atom. The zero-order valence-corrected chi connectivity index (χ0v) is 17.2. The maximum absolute atomic E-state index is 12.9. The molecule has 166 valence electrons. The highest BCUT2D eigenvalue weighted by Crippen LogP contribution is 2.31. The van der Waals surface area contributed by atoms with Gasteiger partial charge in [0.25, 0.3) is 0 Å². The molecule has 3 aromatic rings. The Morgan fingerprint density at radius 2 is 1.91 bits per heavy atom. The number of carbonyl (C=O) groups excluding carboxylic acids is 1. The normalized spacial score (nSPS) is 16.2. The van der Waals surface area contributed by atoms with Gasteiger partial charge in [-0.1, -0.05) is 6.07 Å². The van der Waals surface area contributed by atoms with Gasteiger partial charge in [-0.15, -0.1) is 0 Å². The first-order valence-corrected chi connectivity index (χ1v) is 10.0. The van der Waals surface area contributed by atoms with Gasteiger partial charge in [0.2, 0.25) is 11.9 Å². The number of alkyl halides is 3. The summed E-state index contributed by atoms with van der Waals surface area (Å²) in [6, 6.07) is 9.68. The van der Waals surface area contributed by atoms with Crippen LogP contribution >= 0.6 is 0 Å². The summed E-state index contributed by atoms with van der Waals surface area (Å²) in [5, 5.41) is 2.85. The number of aromatic nitrogens is 3. The lowest BCUT2D eigenvalue weighted by Crippen LogP contribution is -2.40. The number of hydrogen-bond donors (Lipinski definition) is 2. The predicted molar refractivity (Wildman–Crippen MR) is 114 cm³/mol. The van der Waals surface area contributed by atoms with Gasteiger partial charge in [0, 0.05) is 24.6 Å². The topological polar surface area (TPSA) is 97.0 Å². The average molecular weight is 442 g/mol. The second-order valence-corrected chi connectivity index (χ2v) is 7.63. The van der Waals surface area contributed by atoms with Gasteiger partial charge in [0.05, 0.1) is 0 Å². The second kappa shape index (κ2) is 8.45. The molecule has 0 spiro atoms. The standard InChI is InChI=1S/C22H21F3N6O/c1-13-9-15(11-16(10-13)29-21-28-7-5-18(30-21)22(23,24)25)14-4-6-27-19(12-14)31-8-2-3-17(31)20(26)32/h4-7,9-12,17H,2-3,8H2,1H3,(H2,26,32)(H,28,29,30)/t17-/m0/s1. The zero-order valence-electron chi connectivity index (χ0n) is 17.2. The summed E-state index contributed by atoms with van der Waals surface area (Å²) in [5.41, 5.74) is 7.63. The maximum Gasteiger partial charge on any atom is 0.433 e. The molecule has 0 saturated carbocycles. The minimum absolute atomic E-state index is 0.145. The van der Waals surface area contributed by atoms with Gasteiger partial charge in [-0.2, -0.15) is 13.2 Å². The first-order valence-electron chi connectivity index (χ1n) is 10.0. The third-order valence-electron chi connectivity index (χ3n) is 5.23. The minimum atomic E-state index is -4.55. The molecule has 1 amide bonds. The van der Waals surface area contributed by atoms with E-state index in [-0.39, 0.29) is 17.9 Å². The highest BCUT2D eigenvalue weighted by atomic mass is 19.4. The molecule has 1 aliphatic rings. The van der Waals surface area contributed by atoms with Crippen molar-refractivity contribution in [2.45, 2.75) is 32.0 Å². The van der Waals surface area contributed by atoms with Crippen molar-refractivity contribution in [2.75, 3.05) is 16.8 Å². The lowest BCUT2D eigenvalue weighted by Gasteiger charge is -2.23. The molecule has 3 N–H and O–H groups in total. The van der Waals surface area contributed by atoms with Gasteiger partial charge in [0.1, 0.15) is 17.6 Å².